The van der Waals surface area contributed by atoms with Crippen LogP contribution in [0.4, 0.5) is 5.69 Å². The third-order valence-electron chi connectivity index (χ3n) is 5.15. The van der Waals surface area contributed by atoms with Gasteiger partial charge in [-0.2, -0.15) is 0 Å². The van der Waals surface area contributed by atoms with Gasteiger partial charge in [-0.25, -0.2) is 0 Å². The minimum atomic E-state index is 0. The molecule has 4 rings (SSSR count). The number of nitrogens with zero attached hydrogens (tertiary/aromatic N) is 3. The highest BCUT2D eigenvalue weighted by atomic mass is 35.5. The number of benzene rings is 2. The number of piperazine rings is 1. The lowest BCUT2D eigenvalue weighted by Gasteiger charge is -2.35. The molecule has 0 atom stereocenters. The molecule has 0 aliphatic carbocycles. The number of carbonyl (C=O) groups is 1. The summed E-state index contributed by atoms with van der Waals surface area (Å²) < 4.78 is 5.43. The highest BCUT2D eigenvalue weighted by Gasteiger charge is 2.24. The molecule has 0 amide bonds. The van der Waals surface area contributed by atoms with E-state index in [1.165, 1.54) is 0 Å². The van der Waals surface area contributed by atoms with Crippen LogP contribution in [-0.4, -0.2) is 56.0 Å². The van der Waals surface area contributed by atoms with Crippen molar-refractivity contribution in [1.29, 1.82) is 0 Å². The second-order valence-corrected chi connectivity index (χ2v) is 6.89. The largest absolute Gasteiger partial charge is 0.497 e. The molecule has 1 fully saturated rings. The van der Waals surface area contributed by atoms with E-state index in [0.717, 1.165) is 48.5 Å². The molecule has 3 aromatic rings. The molecular weight excluding hydrogens is 374 g/mol. The van der Waals surface area contributed by atoms with E-state index in [-0.39, 0.29) is 18.2 Å². The van der Waals surface area contributed by atoms with Crippen LogP contribution in [0.15, 0.2) is 54.7 Å². The molecule has 1 saturated heterocycles. The van der Waals surface area contributed by atoms with Crippen molar-refractivity contribution in [2.45, 2.75) is 0 Å². The van der Waals surface area contributed by atoms with Crippen molar-refractivity contribution in [2.75, 3.05) is 45.2 Å². The number of fused-ring (bicyclic) bond motifs is 1. The van der Waals surface area contributed by atoms with Crippen molar-refractivity contribution >= 4 is 34.8 Å². The molecule has 1 aliphatic heterocycles. The van der Waals surface area contributed by atoms with Gasteiger partial charge in [-0.3, -0.25) is 9.78 Å². The van der Waals surface area contributed by atoms with Crippen LogP contribution in [0.5, 0.6) is 5.75 Å². The van der Waals surface area contributed by atoms with Gasteiger partial charge in [0.15, 0.2) is 5.78 Å². The number of methoxy groups -OCH3 is 1. The average Bonchev–Trinajstić information content (AvgIpc) is 2.73. The van der Waals surface area contributed by atoms with Crippen LogP contribution < -0.4 is 9.64 Å². The van der Waals surface area contributed by atoms with Crippen molar-refractivity contribution < 1.29 is 9.53 Å². The highest BCUT2D eigenvalue weighted by molar-refractivity contribution is 6.16. The number of ketones is 1. The van der Waals surface area contributed by atoms with Crippen LogP contribution in [-0.2, 0) is 0 Å². The first-order valence-electron chi connectivity index (χ1n) is 9.17. The SMILES string of the molecule is COc1ccc2ncc(C(=O)c3ccccc3)c(N3CCN(C)CC3)c2c1.Cl. The molecule has 0 spiro atoms. The zero-order chi connectivity index (χ0) is 18.8. The molecule has 146 valence electrons. The number of rotatable bonds is 4. The van der Waals surface area contributed by atoms with Gasteiger partial charge in [-0.1, -0.05) is 30.3 Å². The molecule has 5 nitrogen and oxygen atoms in total. The second kappa shape index (κ2) is 8.59. The second-order valence-electron chi connectivity index (χ2n) is 6.89. The van der Waals surface area contributed by atoms with Crippen molar-refractivity contribution in [3.05, 3.63) is 65.9 Å². The number of carbonyl (C=O) groups excluding carboxylic acids is 1. The molecule has 2 aromatic carbocycles. The van der Waals surface area contributed by atoms with Gasteiger partial charge in [-0.05, 0) is 25.2 Å². The molecular formula is C22H24ClN3O2. The number of aromatic nitrogens is 1. The Balaban J connectivity index is 0.00000225. The average molecular weight is 398 g/mol. The van der Waals surface area contributed by atoms with Crippen LogP contribution in [0.1, 0.15) is 15.9 Å². The van der Waals surface area contributed by atoms with E-state index in [9.17, 15) is 4.79 Å². The fourth-order valence-electron chi connectivity index (χ4n) is 3.57. The van der Waals surface area contributed by atoms with Crippen molar-refractivity contribution in [1.82, 2.24) is 9.88 Å². The summed E-state index contributed by atoms with van der Waals surface area (Å²) in [6.07, 6.45) is 1.72. The summed E-state index contributed by atoms with van der Waals surface area (Å²) in [5.41, 5.74) is 3.15. The standard InChI is InChI=1S/C22H23N3O2.ClH/c1-24-10-12-25(13-11-24)21-18-14-17(27-2)8-9-20(18)23-15-19(21)22(26)16-6-4-3-5-7-16;/h3-9,14-15H,10-13H2,1-2H3;1H. The van der Waals surface area contributed by atoms with Crippen LogP contribution in [0, 0.1) is 0 Å². The lowest BCUT2D eigenvalue weighted by molar-refractivity contribution is 0.103. The van der Waals surface area contributed by atoms with Crippen molar-refractivity contribution in [3.63, 3.8) is 0 Å². The first kappa shape index (κ1) is 20.1. The lowest BCUT2D eigenvalue weighted by Crippen LogP contribution is -2.45. The molecule has 0 radical (unpaired) electrons. The van der Waals surface area contributed by atoms with E-state index in [0.29, 0.717) is 11.1 Å². The summed E-state index contributed by atoms with van der Waals surface area (Å²) in [7, 11) is 3.78. The minimum absolute atomic E-state index is 0. The fraction of sp³-hybridized carbons (Fsp3) is 0.273. The summed E-state index contributed by atoms with van der Waals surface area (Å²) >= 11 is 0. The smallest absolute Gasteiger partial charge is 0.196 e. The summed E-state index contributed by atoms with van der Waals surface area (Å²) in [6.45, 7) is 3.68. The van der Waals surface area contributed by atoms with E-state index in [2.05, 4.69) is 21.8 Å². The fourth-order valence-corrected chi connectivity index (χ4v) is 3.57. The number of likely N-dealkylation sites (N-methyl/N-ethyl adjacent to an activating group) is 1. The van der Waals surface area contributed by atoms with Gasteiger partial charge < -0.3 is 14.5 Å². The van der Waals surface area contributed by atoms with Crippen molar-refractivity contribution in [2.24, 2.45) is 0 Å². The van der Waals surface area contributed by atoms with E-state index in [1.54, 1.807) is 13.3 Å². The summed E-state index contributed by atoms with van der Waals surface area (Å²) in [6, 6.07) is 15.2. The Morgan fingerprint density at radius 2 is 1.75 bits per heavy atom. The van der Waals surface area contributed by atoms with Gasteiger partial charge in [0, 0.05) is 43.3 Å². The maximum atomic E-state index is 13.3. The molecule has 1 aliphatic rings. The topological polar surface area (TPSA) is 45.7 Å². The maximum Gasteiger partial charge on any atom is 0.196 e. The van der Waals surface area contributed by atoms with Gasteiger partial charge in [-0.15, -0.1) is 12.4 Å². The van der Waals surface area contributed by atoms with Crippen LogP contribution in [0.2, 0.25) is 0 Å². The molecule has 0 bridgehead atoms. The number of ether oxygens (including phenoxy) is 1. The first-order chi connectivity index (χ1) is 13.2. The van der Waals surface area contributed by atoms with Gasteiger partial charge in [0.25, 0.3) is 0 Å². The third-order valence-corrected chi connectivity index (χ3v) is 5.15. The summed E-state index contributed by atoms with van der Waals surface area (Å²) in [5, 5.41) is 0.959. The number of pyridine rings is 1. The van der Waals surface area contributed by atoms with Gasteiger partial charge in [0.1, 0.15) is 5.75 Å². The zero-order valence-corrected chi connectivity index (χ0v) is 16.9. The van der Waals surface area contributed by atoms with Crippen LogP contribution in [0.25, 0.3) is 10.9 Å². The van der Waals surface area contributed by atoms with E-state index in [4.69, 9.17) is 4.74 Å². The van der Waals surface area contributed by atoms with Gasteiger partial charge in [0.05, 0.1) is 23.9 Å². The molecule has 28 heavy (non-hydrogen) atoms. The normalized spacial score (nSPS) is 14.6. The van der Waals surface area contributed by atoms with E-state index < -0.39 is 0 Å². The summed E-state index contributed by atoms with van der Waals surface area (Å²) in [4.78, 5) is 22.4. The summed E-state index contributed by atoms with van der Waals surface area (Å²) in [5.74, 6) is 0.769. The number of hydrogen-bond acceptors (Lipinski definition) is 5. The molecule has 0 unspecified atom stereocenters. The van der Waals surface area contributed by atoms with E-state index >= 15 is 0 Å². The number of halogens is 1. The van der Waals surface area contributed by atoms with Gasteiger partial charge in [0.2, 0.25) is 0 Å². The predicted molar refractivity (Wildman–Crippen MR) is 115 cm³/mol. The maximum absolute atomic E-state index is 13.3. The minimum Gasteiger partial charge on any atom is -0.497 e. The van der Waals surface area contributed by atoms with E-state index in [1.807, 2.05) is 48.5 Å². The predicted octanol–water partition coefficient (Wildman–Crippen LogP) is 3.65. The molecule has 6 heteroatoms. The highest BCUT2D eigenvalue weighted by Crippen LogP contribution is 2.34. The van der Waals surface area contributed by atoms with Gasteiger partial charge >= 0.3 is 0 Å². The monoisotopic (exact) mass is 397 g/mol. The third kappa shape index (κ3) is 3.81. The van der Waals surface area contributed by atoms with Crippen LogP contribution in [0.3, 0.4) is 0 Å². The Bertz CT molecular complexity index is 970. The Hall–Kier alpha value is -2.63. The Morgan fingerprint density at radius 3 is 2.43 bits per heavy atom. The molecule has 2 heterocycles. The Morgan fingerprint density at radius 1 is 1.04 bits per heavy atom. The molecule has 0 saturated carbocycles. The number of hydrogen-bond donors (Lipinski definition) is 0. The molecule has 1 aromatic heterocycles. The Labute approximate surface area is 171 Å². The quantitative estimate of drug-likeness (QED) is 0.629. The zero-order valence-electron chi connectivity index (χ0n) is 16.1. The molecule has 0 N–H and O–H groups in total. The first-order valence-corrected chi connectivity index (χ1v) is 9.17. The lowest BCUT2D eigenvalue weighted by atomic mass is 9.99. The Kier molecular flexibility index (Phi) is 6.17. The number of anilines is 1. The van der Waals surface area contributed by atoms with Crippen molar-refractivity contribution in [3.8, 4) is 5.75 Å². The van der Waals surface area contributed by atoms with Crippen LogP contribution >= 0.6 is 12.4 Å².